The molecular weight excluding hydrogens is 589 g/mol. The Morgan fingerprint density at radius 3 is 1.61 bits per heavy atom. The molecule has 4 aromatic carbocycles. The van der Waals surface area contributed by atoms with Crippen molar-refractivity contribution in [1.29, 1.82) is 0 Å². The molecule has 0 radical (unpaired) electrons. The van der Waals surface area contributed by atoms with Crippen LogP contribution < -0.4 is 9.47 Å². The van der Waals surface area contributed by atoms with E-state index < -0.39 is 5.60 Å². The summed E-state index contributed by atoms with van der Waals surface area (Å²) in [6.45, 7) is 5.51. The number of ether oxygens (including phenoxy) is 2. The number of aromatic nitrogens is 2. The Morgan fingerprint density at radius 1 is 0.727 bits per heavy atom. The Kier molecular flexibility index (Phi) is 10.4. The molecule has 226 valence electrons. The maximum absolute atomic E-state index is 11.0. The minimum atomic E-state index is -0.587. The number of ketones is 1. The van der Waals surface area contributed by atoms with Gasteiger partial charge >= 0.3 is 0 Å². The molecule has 0 saturated carbocycles. The molecule has 8 heteroatoms. The summed E-state index contributed by atoms with van der Waals surface area (Å²) in [5.74, 6) is 1.76. The van der Waals surface area contributed by atoms with Crippen LogP contribution in [0.25, 0.3) is 20.4 Å². The standard InChI is InChI=1S/C19H21NO2S.C17H15NO2S/c1-3-19(2,21)13-12-14-8-10-15(11-9-14)22-18-20-16-6-4-5-7-17(16)23-18;1-12(19)6-7-13-8-10-14(11-9-13)20-17-18-15-4-2-3-5-16(15)21-17/h4-11,21H,3,12-13H2,1-2H3;2-5,8-11H,6-7H2,1H3. The Hall–Kier alpha value is -4.11. The third-order valence-electron chi connectivity index (χ3n) is 7.29. The van der Waals surface area contributed by atoms with E-state index in [4.69, 9.17) is 9.47 Å². The van der Waals surface area contributed by atoms with Crippen LogP contribution in [0.15, 0.2) is 97.1 Å². The van der Waals surface area contributed by atoms with E-state index in [1.807, 2.05) is 111 Å². The molecule has 2 heterocycles. The summed E-state index contributed by atoms with van der Waals surface area (Å²) in [5, 5.41) is 11.4. The summed E-state index contributed by atoms with van der Waals surface area (Å²) in [6, 6.07) is 31.8. The van der Waals surface area contributed by atoms with Crippen molar-refractivity contribution in [1.82, 2.24) is 9.97 Å². The Morgan fingerprint density at radius 2 is 1.18 bits per heavy atom. The van der Waals surface area contributed by atoms with Gasteiger partial charge in [0, 0.05) is 6.42 Å². The normalized spacial score (nSPS) is 12.4. The molecule has 0 aliphatic heterocycles. The zero-order valence-electron chi connectivity index (χ0n) is 25.2. The molecule has 0 amide bonds. The SMILES string of the molecule is CC(=O)CCc1ccc(Oc2nc3ccccc3s2)cc1.CCC(C)(O)CCc1ccc(Oc2nc3ccccc3s2)cc1. The van der Waals surface area contributed by atoms with Crippen LogP contribution in [-0.4, -0.2) is 26.5 Å². The third kappa shape index (κ3) is 8.95. The summed E-state index contributed by atoms with van der Waals surface area (Å²) in [5.41, 5.74) is 3.68. The minimum Gasteiger partial charge on any atom is -0.431 e. The van der Waals surface area contributed by atoms with Crippen LogP contribution in [-0.2, 0) is 17.6 Å². The van der Waals surface area contributed by atoms with E-state index in [-0.39, 0.29) is 5.78 Å². The molecule has 44 heavy (non-hydrogen) atoms. The van der Waals surface area contributed by atoms with Crippen molar-refractivity contribution in [2.75, 3.05) is 0 Å². The van der Waals surface area contributed by atoms with E-state index in [1.165, 1.54) is 16.9 Å². The van der Waals surface area contributed by atoms with E-state index in [2.05, 4.69) is 9.97 Å². The lowest BCUT2D eigenvalue weighted by Crippen LogP contribution is -2.23. The number of thiazole rings is 2. The van der Waals surface area contributed by atoms with E-state index in [1.54, 1.807) is 18.3 Å². The highest BCUT2D eigenvalue weighted by Crippen LogP contribution is 2.32. The molecule has 1 N–H and O–H groups in total. The molecule has 0 saturated heterocycles. The number of para-hydroxylation sites is 2. The van der Waals surface area contributed by atoms with E-state index >= 15 is 0 Å². The summed E-state index contributed by atoms with van der Waals surface area (Å²) < 4.78 is 13.9. The molecule has 6 rings (SSSR count). The Bertz CT molecular complexity index is 1740. The van der Waals surface area contributed by atoms with Crippen LogP contribution in [0, 0.1) is 0 Å². The fraction of sp³-hybridized carbons (Fsp3) is 0.250. The number of aryl methyl sites for hydroxylation is 2. The van der Waals surface area contributed by atoms with Gasteiger partial charge in [0.15, 0.2) is 0 Å². The lowest BCUT2D eigenvalue weighted by molar-refractivity contribution is -0.116. The lowest BCUT2D eigenvalue weighted by Gasteiger charge is -2.20. The fourth-order valence-electron chi connectivity index (χ4n) is 4.35. The van der Waals surface area contributed by atoms with Gasteiger partial charge in [0.2, 0.25) is 0 Å². The van der Waals surface area contributed by atoms with Crippen LogP contribution in [0.5, 0.6) is 21.9 Å². The van der Waals surface area contributed by atoms with Gasteiger partial charge in [-0.25, -0.2) is 9.97 Å². The van der Waals surface area contributed by atoms with Crippen molar-refractivity contribution in [3.63, 3.8) is 0 Å². The zero-order chi connectivity index (χ0) is 30.9. The second-order valence-corrected chi connectivity index (χ2v) is 12.9. The first kappa shape index (κ1) is 31.3. The van der Waals surface area contributed by atoms with Gasteiger partial charge in [0.05, 0.1) is 26.0 Å². The molecule has 1 unspecified atom stereocenters. The van der Waals surface area contributed by atoms with E-state index in [0.29, 0.717) is 16.8 Å². The number of aliphatic hydroxyl groups is 1. The highest BCUT2D eigenvalue weighted by atomic mass is 32.1. The number of hydrogen-bond acceptors (Lipinski definition) is 8. The highest BCUT2D eigenvalue weighted by Gasteiger charge is 2.17. The number of Topliss-reactive ketones (excluding diaryl/α,β-unsaturated/α-hetero) is 1. The summed E-state index contributed by atoms with van der Waals surface area (Å²) in [4.78, 5) is 19.9. The van der Waals surface area contributed by atoms with Crippen LogP contribution in [0.3, 0.4) is 0 Å². The summed E-state index contributed by atoms with van der Waals surface area (Å²) >= 11 is 3.08. The number of benzene rings is 4. The number of nitrogens with zero attached hydrogens (tertiary/aromatic N) is 2. The topological polar surface area (TPSA) is 81.5 Å². The smallest absolute Gasteiger partial charge is 0.279 e. The van der Waals surface area contributed by atoms with Crippen LogP contribution in [0.1, 0.15) is 51.2 Å². The quantitative estimate of drug-likeness (QED) is 0.155. The average Bonchev–Trinajstić information content (AvgIpc) is 3.63. The predicted octanol–water partition coefficient (Wildman–Crippen LogP) is 9.79. The Balaban J connectivity index is 0.000000175. The van der Waals surface area contributed by atoms with Crippen LogP contribution in [0.2, 0.25) is 0 Å². The maximum Gasteiger partial charge on any atom is 0.279 e. The van der Waals surface area contributed by atoms with Gasteiger partial charge in [-0.05, 0) is 99.2 Å². The zero-order valence-corrected chi connectivity index (χ0v) is 26.8. The number of carbonyl (C=O) groups is 1. The highest BCUT2D eigenvalue weighted by molar-refractivity contribution is 7.20. The molecule has 6 nitrogen and oxygen atoms in total. The van der Waals surface area contributed by atoms with E-state index in [9.17, 15) is 9.90 Å². The van der Waals surface area contributed by atoms with Crippen molar-refractivity contribution < 1.29 is 19.4 Å². The third-order valence-corrected chi connectivity index (χ3v) is 9.11. The van der Waals surface area contributed by atoms with Gasteiger partial charge in [-0.3, -0.25) is 0 Å². The lowest BCUT2D eigenvalue weighted by atomic mass is 9.94. The first-order valence-electron chi connectivity index (χ1n) is 14.7. The molecule has 0 aliphatic rings. The second kappa shape index (κ2) is 14.6. The molecule has 2 aromatic heterocycles. The summed E-state index contributed by atoms with van der Waals surface area (Å²) in [7, 11) is 0. The van der Waals surface area contributed by atoms with Gasteiger partial charge in [0.1, 0.15) is 17.3 Å². The molecule has 1 atom stereocenters. The second-order valence-electron chi connectivity index (χ2n) is 10.9. The van der Waals surface area contributed by atoms with Crippen LogP contribution in [0.4, 0.5) is 0 Å². The monoisotopic (exact) mass is 624 g/mol. The fourth-order valence-corrected chi connectivity index (χ4v) is 6.02. The molecule has 6 aromatic rings. The van der Waals surface area contributed by atoms with Crippen molar-refractivity contribution in [3.05, 3.63) is 108 Å². The van der Waals surface area contributed by atoms with Gasteiger partial charge < -0.3 is 19.4 Å². The molecule has 0 bridgehead atoms. The average molecular weight is 625 g/mol. The van der Waals surface area contributed by atoms with Crippen molar-refractivity contribution >= 4 is 48.9 Å². The van der Waals surface area contributed by atoms with Crippen molar-refractivity contribution in [2.24, 2.45) is 0 Å². The number of hydrogen-bond donors (Lipinski definition) is 1. The van der Waals surface area contributed by atoms with Gasteiger partial charge in [-0.2, -0.15) is 0 Å². The summed E-state index contributed by atoms with van der Waals surface area (Å²) in [6.07, 6.45) is 3.75. The van der Waals surface area contributed by atoms with Crippen LogP contribution >= 0.6 is 22.7 Å². The largest absolute Gasteiger partial charge is 0.431 e. The molecule has 0 fully saturated rings. The van der Waals surface area contributed by atoms with Gasteiger partial charge in [0.25, 0.3) is 10.4 Å². The molecular formula is C36H36N2O4S2. The van der Waals surface area contributed by atoms with Gasteiger partial charge in [-0.1, -0.05) is 78.1 Å². The maximum atomic E-state index is 11.0. The minimum absolute atomic E-state index is 0.213. The molecule has 0 spiro atoms. The first-order valence-corrected chi connectivity index (χ1v) is 16.4. The Labute approximate surface area is 266 Å². The number of carbonyl (C=O) groups excluding carboxylic acids is 1. The number of rotatable bonds is 11. The molecule has 0 aliphatic carbocycles. The predicted molar refractivity (Wildman–Crippen MR) is 181 cm³/mol. The van der Waals surface area contributed by atoms with Crippen molar-refractivity contribution in [3.8, 4) is 21.9 Å². The van der Waals surface area contributed by atoms with Crippen molar-refractivity contribution in [2.45, 2.75) is 58.5 Å². The first-order chi connectivity index (χ1) is 21.3. The van der Waals surface area contributed by atoms with Gasteiger partial charge in [-0.15, -0.1) is 0 Å². The van der Waals surface area contributed by atoms with E-state index in [0.717, 1.165) is 63.2 Å². The number of fused-ring (bicyclic) bond motifs is 2.